The second kappa shape index (κ2) is 2.67. The molecular formula is C9H12. The maximum absolute atomic E-state index is 2.22. The molecule has 0 aromatic heterocycles. The van der Waals surface area contributed by atoms with Crippen LogP contribution in [0.25, 0.3) is 0 Å². The Morgan fingerprint density at radius 3 is 2.78 bits per heavy atom. The second-order valence-electron chi connectivity index (χ2n) is 2.36. The molecule has 0 atom stereocenters. The standard InChI is InChI=1S/C9H12/c1-3-9-6-4-5-8(2)7-9/h3-5,7H,6H2,1-2H3/b9-3-. The third kappa shape index (κ3) is 1.56. The Morgan fingerprint density at radius 2 is 2.33 bits per heavy atom. The summed E-state index contributed by atoms with van der Waals surface area (Å²) in [7, 11) is 0. The van der Waals surface area contributed by atoms with Crippen LogP contribution >= 0.6 is 0 Å². The van der Waals surface area contributed by atoms with Gasteiger partial charge in [0, 0.05) is 0 Å². The Labute approximate surface area is 56.6 Å². The van der Waals surface area contributed by atoms with Crippen LogP contribution in [0.5, 0.6) is 0 Å². The van der Waals surface area contributed by atoms with Gasteiger partial charge in [0.1, 0.15) is 0 Å². The molecule has 0 saturated carbocycles. The van der Waals surface area contributed by atoms with Crippen LogP contribution in [-0.2, 0) is 0 Å². The minimum absolute atomic E-state index is 1.10. The van der Waals surface area contributed by atoms with Crippen LogP contribution < -0.4 is 0 Å². The number of rotatable bonds is 0. The molecule has 0 aromatic carbocycles. The number of hydrogen-bond acceptors (Lipinski definition) is 0. The minimum atomic E-state index is 1.10. The van der Waals surface area contributed by atoms with Gasteiger partial charge in [0.05, 0.1) is 0 Å². The van der Waals surface area contributed by atoms with Crippen LogP contribution in [0.4, 0.5) is 0 Å². The zero-order chi connectivity index (χ0) is 6.69. The second-order valence-corrected chi connectivity index (χ2v) is 2.36. The quantitative estimate of drug-likeness (QED) is 0.461. The van der Waals surface area contributed by atoms with Gasteiger partial charge in [-0.25, -0.2) is 0 Å². The van der Waals surface area contributed by atoms with Crippen molar-refractivity contribution in [3.63, 3.8) is 0 Å². The van der Waals surface area contributed by atoms with Crippen molar-refractivity contribution in [1.82, 2.24) is 0 Å². The lowest BCUT2D eigenvalue weighted by atomic mass is 10.0. The van der Waals surface area contributed by atoms with Crippen molar-refractivity contribution in [2.45, 2.75) is 20.3 Å². The van der Waals surface area contributed by atoms with Gasteiger partial charge in [-0.3, -0.25) is 0 Å². The van der Waals surface area contributed by atoms with Gasteiger partial charge in [-0.2, -0.15) is 0 Å². The van der Waals surface area contributed by atoms with Crippen molar-refractivity contribution < 1.29 is 0 Å². The van der Waals surface area contributed by atoms with E-state index in [1.807, 2.05) is 0 Å². The van der Waals surface area contributed by atoms with Crippen LogP contribution in [0, 0.1) is 0 Å². The summed E-state index contributed by atoms with van der Waals surface area (Å²) in [4.78, 5) is 0. The van der Waals surface area contributed by atoms with E-state index < -0.39 is 0 Å². The molecule has 0 heterocycles. The van der Waals surface area contributed by atoms with Gasteiger partial charge < -0.3 is 0 Å². The molecule has 48 valence electrons. The minimum Gasteiger partial charge on any atom is -0.0841 e. The zero-order valence-electron chi connectivity index (χ0n) is 6.02. The first-order chi connectivity index (χ1) is 4.33. The Kier molecular flexibility index (Phi) is 1.88. The van der Waals surface area contributed by atoms with Crippen molar-refractivity contribution in [2.75, 3.05) is 0 Å². The summed E-state index contributed by atoms with van der Waals surface area (Å²) >= 11 is 0. The summed E-state index contributed by atoms with van der Waals surface area (Å²) in [5.41, 5.74) is 2.78. The molecule has 0 saturated heterocycles. The van der Waals surface area contributed by atoms with Crippen molar-refractivity contribution in [3.8, 4) is 0 Å². The van der Waals surface area contributed by atoms with Crippen molar-refractivity contribution in [1.29, 1.82) is 0 Å². The highest BCUT2D eigenvalue weighted by Gasteiger charge is 1.93. The van der Waals surface area contributed by atoms with Gasteiger partial charge in [-0.15, -0.1) is 0 Å². The normalized spacial score (nSPS) is 22.4. The monoisotopic (exact) mass is 120 g/mol. The molecule has 9 heavy (non-hydrogen) atoms. The highest BCUT2D eigenvalue weighted by atomic mass is 14.0. The SMILES string of the molecule is C/C=C1\C=C(C)C=CC1. The van der Waals surface area contributed by atoms with E-state index in [1.54, 1.807) is 0 Å². The Morgan fingerprint density at radius 1 is 1.56 bits per heavy atom. The van der Waals surface area contributed by atoms with Gasteiger partial charge in [-0.05, 0) is 25.8 Å². The molecule has 1 rings (SSSR count). The summed E-state index contributed by atoms with van der Waals surface area (Å²) in [6, 6.07) is 0. The molecule has 0 radical (unpaired) electrons. The van der Waals surface area contributed by atoms with E-state index in [4.69, 9.17) is 0 Å². The summed E-state index contributed by atoms with van der Waals surface area (Å²) < 4.78 is 0. The summed E-state index contributed by atoms with van der Waals surface area (Å²) in [5.74, 6) is 0. The van der Waals surface area contributed by atoms with E-state index in [1.165, 1.54) is 11.1 Å². The Bertz CT molecular complexity index is 180. The van der Waals surface area contributed by atoms with Crippen LogP contribution in [0.1, 0.15) is 20.3 Å². The first kappa shape index (κ1) is 6.34. The maximum Gasteiger partial charge on any atom is -0.00974 e. The molecule has 1 aliphatic carbocycles. The van der Waals surface area contributed by atoms with Crippen LogP contribution in [0.15, 0.2) is 35.5 Å². The highest BCUT2D eigenvalue weighted by Crippen LogP contribution is 2.14. The van der Waals surface area contributed by atoms with E-state index in [-0.39, 0.29) is 0 Å². The highest BCUT2D eigenvalue weighted by molar-refractivity contribution is 5.34. The molecule has 0 aromatic rings. The van der Waals surface area contributed by atoms with Gasteiger partial charge in [-0.1, -0.05) is 29.9 Å². The van der Waals surface area contributed by atoms with Gasteiger partial charge >= 0.3 is 0 Å². The predicted molar refractivity (Wildman–Crippen MR) is 41.3 cm³/mol. The van der Waals surface area contributed by atoms with E-state index >= 15 is 0 Å². The molecule has 0 aliphatic heterocycles. The fourth-order valence-corrected chi connectivity index (χ4v) is 0.982. The van der Waals surface area contributed by atoms with Gasteiger partial charge in [0.15, 0.2) is 0 Å². The molecule has 0 spiro atoms. The van der Waals surface area contributed by atoms with E-state index in [2.05, 4.69) is 38.2 Å². The molecule has 0 amide bonds. The third-order valence-corrected chi connectivity index (χ3v) is 1.52. The van der Waals surface area contributed by atoms with Crippen molar-refractivity contribution >= 4 is 0 Å². The average Bonchev–Trinajstić information content (AvgIpc) is 1.88. The van der Waals surface area contributed by atoms with E-state index in [0.29, 0.717) is 0 Å². The Balaban J connectivity index is 2.78. The zero-order valence-corrected chi connectivity index (χ0v) is 6.02. The molecule has 1 aliphatic rings. The van der Waals surface area contributed by atoms with Crippen LogP contribution in [-0.4, -0.2) is 0 Å². The molecular weight excluding hydrogens is 108 g/mol. The lowest BCUT2D eigenvalue weighted by Crippen LogP contribution is -1.82. The van der Waals surface area contributed by atoms with Crippen LogP contribution in [0.2, 0.25) is 0 Å². The summed E-state index contributed by atoms with van der Waals surface area (Å²) in [5, 5.41) is 0. The predicted octanol–water partition coefficient (Wildman–Crippen LogP) is 2.84. The molecule has 0 bridgehead atoms. The van der Waals surface area contributed by atoms with Crippen molar-refractivity contribution in [2.24, 2.45) is 0 Å². The molecule has 0 N–H and O–H groups in total. The molecule has 0 heteroatoms. The van der Waals surface area contributed by atoms with Crippen LogP contribution in [0.3, 0.4) is 0 Å². The number of hydrogen-bond donors (Lipinski definition) is 0. The van der Waals surface area contributed by atoms with E-state index in [9.17, 15) is 0 Å². The summed E-state index contributed by atoms with van der Waals surface area (Å²) in [6.45, 7) is 4.21. The maximum atomic E-state index is 2.22. The first-order valence-corrected chi connectivity index (χ1v) is 3.33. The Hall–Kier alpha value is -0.780. The summed E-state index contributed by atoms with van der Waals surface area (Å²) in [6.07, 6.45) is 9.85. The third-order valence-electron chi connectivity index (χ3n) is 1.52. The fraction of sp³-hybridized carbons (Fsp3) is 0.333. The molecule has 0 fully saturated rings. The average molecular weight is 120 g/mol. The van der Waals surface area contributed by atoms with Crippen molar-refractivity contribution in [3.05, 3.63) is 35.5 Å². The van der Waals surface area contributed by atoms with E-state index in [0.717, 1.165) is 6.42 Å². The topological polar surface area (TPSA) is 0 Å². The molecule has 0 nitrogen and oxygen atoms in total. The molecule has 0 unspecified atom stereocenters. The lowest BCUT2D eigenvalue weighted by Gasteiger charge is -2.03. The first-order valence-electron chi connectivity index (χ1n) is 3.33. The lowest BCUT2D eigenvalue weighted by molar-refractivity contribution is 1.21. The van der Waals surface area contributed by atoms with Gasteiger partial charge in [0.2, 0.25) is 0 Å². The number of allylic oxidation sites excluding steroid dienone is 6. The fourth-order valence-electron chi connectivity index (χ4n) is 0.982. The van der Waals surface area contributed by atoms with Gasteiger partial charge in [0.25, 0.3) is 0 Å². The smallest absolute Gasteiger partial charge is 0.00974 e. The largest absolute Gasteiger partial charge is 0.0841 e.